The minimum atomic E-state index is 0.265. The maximum Gasteiger partial charge on any atom is 0.172 e. The Morgan fingerprint density at radius 2 is 1.78 bits per heavy atom. The van der Waals surface area contributed by atoms with E-state index in [0.717, 1.165) is 37.8 Å². The molecular weight excluding hydrogens is 294 g/mol. The summed E-state index contributed by atoms with van der Waals surface area (Å²) in [4.78, 5) is 11.1. The normalized spacial score (nSPS) is 10.5. The number of aromatic nitrogens is 3. The molecule has 0 bridgehead atoms. The van der Waals surface area contributed by atoms with Crippen molar-refractivity contribution >= 4 is 6.29 Å². The van der Waals surface area contributed by atoms with Crippen molar-refractivity contribution in [1.29, 1.82) is 0 Å². The third-order valence-corrected chi connectivity index (χ3v) is 3.46. The lowest BCUT2D eigenvalue weighted by molar-refractivity contribution is 0.111. The van der Waals surface area contributed by atoms with Crippen LogP contribution in [0.4, 0.5) is 0 Å². The zero-order valence-corrected chi connectivity index (χ0v) is 13.7. The molecule has 0 aliphatic heterocycles. The van der Waals surface area contributed by atoms with E-state index < -0.39 is 0 Å². The minimum absolute atomic E-state index is 0.265. The molecule has 1 heterocycles. The Morgan fingerprint density at radius 3 is 2.39 bits per heavy atom. The Labute approximate surface area is 136 Å². The molecule has 23 heavy (non-hydrogen) atoms. The van der Waals surface area contributed by atoms with Crippen LogP contribution in [0.5, 0.6) is 11.5 Å². The standard InChI is InChI=1S/C17H23N3O3/c1-3-5-6-11-20-17(16(12-21)18-19-20)13-23-15-9-7-14(8-10-15)22-4-2/h7-10,12H,3-6,11,13H2,1-2H3. The fraction of sp³-hybridized carbons (Fsp3) is 0.471. The lowest BCUT2D eigenvalue weighted by Gasteiger charge is -2.09. The molecule has 6 heteroatoms. The van der Waals surface area contributed by atoms with Crippen molar-refractivity contribution in [3.8, 4) is 11.5 Å². The molecule has 0 atom stereocenters. The van der Waals surface area contributed by atoms with Crippen molar-refractivity contribution in [3.05, 3.63) is 35.7 Å². The summed E-state index contributed by atoms with van der Waals surface area (Å²) in [7, 11) is 0. The van der Waals surface area contributed by atoms with E-state index in [1.807, 2.05) is 31.2 Å². The Balaban J connectivity index is 2.00. The van der Waals surface area contributed by atoms with Crippen LogP contribution in [0.2, 0.25) is 0 Å². The summed E-state index contributed by atoms with van der Waals surface area (Å²) in [6, 6.07) is 7.40. The van der Waals surface area contributed by atoms with E-state index in [1.165, 1.54) is 0 Å². The van der Waals surface area contributed by atoms with Crippen LogP contribution in [-0.4, -0.2) is 27.9 Å². The average molecular weight is 317 g/mol. The van der Waals surface area contributed by atoms with Crippen LogP contribution in [-0.2, 0) is 13.2 Å². The molecule has 0 amide bonds. The van der Waals surface area contributed by atoms with Crippen LogP contribution in [0.3, 0.4) is 0 Å². The summed E-state index contributed by atoms with van der Waals surface area (Å²) in [5.41, 5.74) is 1.05. The van der Waals surface area contributed by atoms with Crippen molar-refractivity contribution in [2.45, 2.75) is 46.3 Å². The largest absolute Gasteiger partial charge is 0.494 e. The van der Waals surface area contributed by atoms with Gasteiger partial charge in [0.1, 0.15) is 23.8 Å². The molecule has 0 aliphatic rings. The minimum Gasteiger partial charge on any atom is -0.494 e. The molecule has 2 rings (SSSR count). The first kappa shape index (κ1) is 17.0. The van der Waals surface area contributed by atoms with E-state index in [9.17, 15) is 4.79 Å². The monoisotopic (exact) mass is 317 g/mol. The van der Waals surface area contributed by atoms with Crippen LogP contribution < -0.4 is 9.47 Å². The summed E-state index contributed by atoms with van der Waals surface area (Å²) >= 11 is 0. The van der Waals surface area contributed by atoms with E-state index >= 15 is 0 Å². The van der Waals surface area contributed by atoms with E-state index in [0.29, 0.717) is 23.7 Å². The zero-order chi connectivity index (χ0) is 16.5. The Morgan fingerprint density at radius 1 is 1.09 bits per heavy atom. The zero-order valence-electron chi connectivity index (χ0n) is 13.7. The molecular formula is C17H23N3O3. The van der Waals surface area contributed by atoms with Crippen LogP contribution in [0, 0.1) is 0 Å². The molecule has 124 valence electrons. The van der Waals surface area contributed by atoms with Crippen LogP contribution in [0.25, 0.3) is 0 Å². The fourth-order valence-corrected chi connectivity index (χ4v) is 2.23. The third kappa shape index (κ3) is 4.81. The van der Waals surface area contributed by atoms with Gasteiger partial charge in [-0.1, -0.05) is 25.0 Å². The van der Waals surface area contributed by atoms with Gasteiger partial charge in [0.2, 0.25) is 0 Å². The second kappa shape index (κ2) is 8.92. The number of benzene rings is 1. The number of nitrogens with zero attached hydrogens (tertiary/aromatic N) is 3. The highest BCUT2D eigenvalue weighted by atomic mass is 16.5. The molecule has 0 radical (unpaired) electrons. The topological polar surface area (TPSA) is 66.2 Å². The molecule has 0 N–H and O–H groups in total. The number of rotatable bonds is 10. The summed E-state index contributed by atoms with van der Waals surface area (Å²) in [5.74, 6) is 1.52. The van der Waals surface area contributed by atoms with Gasteiger partial charge in [-0.15, -0.1) is 5.10 Å². The van der Waals surface area contributed by atoms with E-state index in [4.69, 9.17) is 9.47 Å². The van der Waals surface area contributed by atoms with Gasteiger partial charge in [-0.3, -0.25) is 4.79 Å². The highest BCUT2D eigenvalue weighted by molar-refractivity contribution is 5.73. The number of unbranched alkanes of at least 4 members (excludes halogenated alkanes) is 2. The van der Waals surface area contributed by atoms with E-state index in [-0.39, 0.29) is 6.61 Å². The number of aryl methyl sites for hydroxylation is 1. The van der Waals surface area contributed by atoms with Gasteiger partial charge in [0.15, 0.2) is 12.0 Å². The number of carbonyl (C=O) groups excluding carboxylic acids is 1. The van der Waals surface area contributed by atoms with E-state index in [1.54, 1.807) is 4.68 Å². The Bertz CT molecular complexity index is 608. The number of carbonyl (C=O) groups is 1. The van der Waals surface area contributed by atoms with Crippen molar-refractivity contribution in [1.82, 2.24) is 15.0 Å². The number of hydrogen-bond donors (Lipinski definition) is 0. The molecule has 0 saturated carbocycles. The molecule has 0 unspecified atom stereocenters. The third-order valence-electron chi connectivity index (χ3n) is 3.46. The predicted molar refractivity (Wildman–Crippen MR) is 86.9 cm³/mol. The summed E-state index contributed by atoms with van der Waals surface area (Å²) in [6.07, 6.45) is 3.98. The van der Waals surface area contributed by atoms with Crippen molar-refractivity contribution < 1.29 is 14.3 Å². The summed E-state index contributed by atoms with van der Waals surface area (Å²) in [5, 5.41) is 7.95. The van der Waals surface area contributed by atoms with Gasteiger partial charge >= 0.3 is 0 Å². The molecule has 0 fully saturated rings. The summed E-state index contributed by atoms with van der Waals surface area (Å²) < 4.78 is 12.9. The van der Waals surface area contributed by atoms with Crippen molar-refractivity contribution in [2.75, 3.05) is 6.61 Å². The molecule has 1 aromatic carbocycles. The quantitative estimate of drug-likeness (QED) is 0.497. The molecule has 2 aromatic rings. The molecule has 0 saturated heterocycles. The van der Waals surface area contributed by atoms with Crippen molar-refractivity contribution in [2.24, 2.45) is 0 Å². The van der Waals surface area contributed by atoms with Gasteiger partial charge in [0, 0.05) is 6.54 Å². The van der Waals surface area contributed by atoms with Crippen LogP contribution in [0.15, 0.2) is 24.3 Å². The maximum atomic E-state index is 11.1. The highest BCUT2D eigenvalue weighted by Crippen LogP contribution is 2.19. The lowest BCUT2D eigenvalue weighted by Crippen LogP contribution is -2.09. The first-order valence-electron chi connectivity index (χ1n) is 8.01. The maximum absolute atomic E-state index is 11.1. The Kier molecular flexibility index (Phi) is 6.59. The van der Waals surface area contributed by atoms with Crippen LogP contribution in [0.1, 0.15) is 49.3 Å². The number of aldehydes is 1. The fourth-order valence-electron chi connectivity index (χ4n) is 2.23. The molecule has 6 nitrogen and oxygen atoms in total. The highest BCUT2D eigenvalue weighted by Gasteiger charge is 2.13. The first-order chi connectivity index (χ1) is 11.3. The van der Waals surface area contributed by atoms with Gasteiger partial charge < -0.3 is 9.47 Å². The second-order valence-electron chi connectivity index (χ2n) is 5.16. The number of ether oxygens (including phenoxy) is 2. The number of hydrogen-bond acceptors (Lipinski definition) is 5. The van der Waals surface area contributed by atoms with Gasteiger partial charge in [-0.2, -0.15) is 0 Å². The van der Waals surface area contributed by atoms with Gasteiger partial charge in [0.05, 0.1) is 6.61 Å². The van der Waals surface area contributed by atoms with Gasteiger partial charge in [0.25, 0.3) is 0 Å². The summed E-state index contributed by atoms with van der Waals surface area (Å²) in [6.45, 7) is 5.73. The lowest BCUT2D eigenvalue weighted by atomic mass is 10.2. The smallest absolute Gasteiger partial charge is 0.172 e. The molecule has 0 spiro atoms. The average Bonchev–Trinajstić information content (AvgIpc) is 2.97. The first-order valence-corrected chi connectivity index (χ1v) is 8.01. The van der Waals surface area contributed by atoms with Crippen molar-refractivity contribution in [3.63, 3.8) is 0 Å². The van der Waals surface area contributed by atoms with Gasteiger partial charge in [-0.05, 0) is 37.6 Å². The second-order valence-corrected chi connectivity index (χ2v) is 5.16. The molecule has 0 aliphatic carbocycles. The van der Waals surface area contributed by atoms with Gasteiger partial charge in [-0.25, -0.2) is 4.68 Å². The Hall–Kier alpha value is -2.37. The SMILES string of the molecule is CCCCCn1nnc(C=O)c1COc1ccc(OCC)cc1. The predicted octanol–water partition coefficient (Wildman–Crippen LogP) is 3.26. The van der Waals surface area contributed by atoms with E-state index in [2.05, 4.69) is 17.2 Å². The molecule has 1 aromatic heterocycles. The van der Waals surface area contributed by atoms with Crippen LogP contribution >= 0.6 is 0 Å².